The molecule has 0 saturated carbocycles. The minimum atomic E-state index is 0.167. The Balaban J connectivity index is 1.33. The van der Waals surface area contributed by atoms with E-state index in [1.165, 1.54) is 10.6 Å². The zero-order chi connectivity index (χ0) is 18.9. The molecule has 0 amide bonds. The summed E-state index contributed by atoms with van der Waals surface area (Å²) in [7, 11) is 0. The number of fused-ring (bicyclic) bond motifs is 1. The van der Waals surface area contributed by atoms with E-state index in [-0.39, 0.29) is 11.7 Å². The topological polar surface area (TPSA) is 49.3 Å². The van der Waals surface area contributed by atoms with E-state index in [0.717, 1.165) is 44.2 Å². The van der Waals surface area contributed by atoms with Gasteiger partial charge in [-0.25, -0.2) is 9.97 Å². The van der Waals surface area contributed by atoms with Crippen LogP contribution in [0.15, 0.2) is 54.0 Å². The van der Waals surface area contributed by atoms with Crippen LogP contribution < -0.4 is 9.80 Å². The number of rotatable bonds is 3. The van der Waals surface area contributed by atoms with Crippen LogP contribution in [0.5, 0.6) is 0 Å². The van der Waals surface area contributed by atoms with E-state index in [0.29, 0.717) is 12.0 Å². The van der Waals surface area contributed by atoms with Crippen molar-refractivity contribution in [1.29, 1.82) is 0 Å². The predicted molar refractivity (Wildman–Crippen MR) is 113 cm³/mol. The van der Waals surface area contributed by atoms with Crippen molar-refractivity contribution in [2.24, 2.45) is 0 Å². The molecule has 6 heteroatoms. The van der Waals surface area contributed by atoms with Gasteiger partial charge in [0.05, 0.1) is 11.3 Å². The number of aromatic nitrogens is 2. The smallest absolute Gasteiger partial charge is 0.225 e. The van der Waals surface area contributed by atoms with E-state index in [1.807, 2.05) is 6.07 Å². The zero-order valence-corrected chi connectivity index (χ0v) is 16.4. The fourth-order valence-electron chi connectivity index (χ4n) is 4.12. The van der Waals surface area contributed by atoms with E-state index >= 15 is 0 Å². The van der Waals surface area contributed by atoms with E-state index < -0.39 is 0 Å². The third kappa shape index (κ3) is 3.29. The number of piperazine rings is 1. The molecule has 28 heavy (non-hydrogen) atoms. The van der Waals surface area contributed by atoms with Crippen LogP contribution in [-0.2, 0) is 6.42 Å². The number of hydrogen-bond donors (Lipinski definition) is 0. The molecule has 1 fully saturated rings. The van der Waals surface area contributed by atoms with E-state index in [9.17, 15) is 4.79 Å². The SMILES string of the molecule is O=C1C[C@H](c2cccs2)Cc2nc(N3CCN(c4ccccc4)CC3)ncc21. The lowest BCUT2D eigenvalue weighted by Gasteiger charge is -2.36. The third-order valence-corrected chi connectivity index (χ3v) is 6.69. The maximum absolute atomic E-state index is 12.6. The molecule has 3 heterocycles. The summed E-state index contributed by atoms with van der Waals surface area (Å²) >= 11 is 1.72. The quantitative estimate of drug-likeness (QED) is 0.681. The van der Waals surface area contributed by atoms with Gasteiger partial charge in [-0.3, -0.25) is 4.79 Å². The molecule has 2 aliphatic rings. The molecular weight excluding hydrogens is 368 g/mol. The van der Waals surface area contributed by atoms with Crippen molar-refractivity contribution in [3.8, 4) is 0 Å². The van der Waals surface area contributed by atoms with Crippen LogP contribution in [0, 0.1) is 0 Å². The van der Waals surface area contributed by atoms with Crippen molar-refractivity contribution in [2.45, 2.75) is 18.8 Å². The molecule has 142 valence electrons. The van der Waals surface area contributed by atoms with Gasteiger partial charge in [0.2, 0.25) is 5.95 Å². The second kappa shape index (κ2) is 7.36. The molecule has 2 aromatic heterocycles. The average molecular weight is 391 g/mol. The highest BCUT2D eigenvalue weighted by Crippen LogP contribution is 2.34. The van der Waals surface area contributed by atoms with Gasteiger partial charge < -0.3 is 9.80 Å². The Hall–Kier alpha value is -2.73. The molecule has 1 aliphatic carbocycles. The molecule has 0 bridgehead atoms. The molecule has 1 saturated heterocycles. The number of benzene rings is 1. The summed E-state index contributed by atoms with van der Waals surface area (Å²) in [6.07, 6.45) is 3.13. The Labute approximate surface area is 168 Å². The van der Waals surface area contributed by atoms with Gasteiger partial charge >= 0.3 is 0 Å². The van der Waals surface area contributed by atoms with Crippen LogP contribution in [0.3, 0.4) is 0 Å². The predicted octanol–water partition coefficient (Wildman–Crippen LogP) is 3.78. The number of ketones is 1. The molecule has 3 aromatic rings. The molecule has 0 spiro atoms. The highest BCUT2D eigenvalue weighted by Gasteiger charge is 2.29. The molecule has 0 N–H and O–H groups in total. The van der Waals surface area contributed by atoms with Gasteiger partial charge in [0.25, 0.3) is 0 Å². The van der Waals surface area contributed by atoms with Gasteiger partial charge in [-0.05, 0) is 30.0 Å². The lowest BCUT2D eigenvalue weighted by atomic mass is 9.86. The van der Waals surface area contributed by atoms with Crippen molar-refractivity contribution in [3.05, 3.63) is 70.2 Å². The Morgan fingerprint density at radius 1 is 0.929 bits per heavy atom. The van der Waals surface area contributed by atoms with Gasteiger partial charge in [-0.15, -0.1) is 11.3 Å². The fraction of sp³-hybridized carbons (Fsp3) is 0.318. The number of thiophene rings is 1. The first-order chi connectivity index (χ1) is 13.8. The largest absolute Gasteiger partial charge is 0.368 e. The van der Waals surface area contributed by atoms with Crippen LogP contribution >= 0.6 is 11.3 Å². The standard InChI is InChI=1S/C22H22N4OS/c27-20-14-16(21-7-4-12-28-21)13-19-18(20)15-23-22(24-19)26-10-8-25(9-11-26)17-5-2-1-3-6-17/h1-7,12,15-16H,8-11,13-14H2/t16-/m1/s1. The van der Waals surface area contributed by atoms with Crippen molar-refractivity contribution in [1.82, 2.24) is 9.97 Å². The van der Waals surface area contributed by atoms with E-state index in [4.69, 9.17) is 4.98 Å². The maximum atomic E-state index is 12.6. The summed E-state index contributed by atoms with van der Waals surface area (Å²) < 4.78 is 0. The molecule has 5 rings (SSSR count). The number of carbonyl (C=O) groups is 1. The monoisotopic (exact) mass is 390 g/mol. The molecule has 0 unspecified atom stereocenters. The van der Waals surface area contributed by atoms with Gasteiger partial charge in [0.15, 0.2) is 5.78 Å². The van der Waals surface area contributed by atoms with Crippen molar-refractivity contribution in [2.75, 3.05) is 36.0 Å². The molecule has 0 radical (unpaired) electrons. The van der Waals surface area contributed by atoms with Gasteiger partial charge in [-0.1, -0.05) is 24.3 Å². The highest BCUT2D eigenvalue weighted by atomic mass is 32.1. The Bertz CT molecular complexity index is 965. The fourth-order valence-corrected chi connectivity index (χ4v) is 4.95. The van der Waals surface area contributed by atoms with Crippen LogP contribution in [0.25, 0.3) is 0 Å². The summed E-state index contributed by atoms with van der Waals surface area (Å²) in [6, 6.07) is 14.7. The average Bonchev–Trinajstić information content (AvgIpc) is 3.29. The number of Topliss-reactive ketones (excluding diaryl/α,β-unsaturated/α-hetero) is 1. The number of nitrogens with zero attached hydrogens (tertiary/aromatic N) is 4. The first-order valence-corrected chi connectivity index (χ1v) is 10.6. The molecular formula is C22H22N4OS. The second-order valence-electron chi connectivity index (χ2n) is 7.38. The van der Waals surface area contributed by atoms with Gasteiger partial charge in [-0.2, -0.15) is 0 Å². The van der Waals surface area contributed by atoms with Crippen molar-refractivity contribution < 1.29 is 4.79 Å². The molecule has 1 aromatic carbocycles. The molecule has 1 aliphatic heterocycles. The maximum Gasteiger partial charge on any atom is 0.225 e. The van der Waals surface area contributed by atoms with Gasteiger partial charge in [0.1, 0.15) is 0 Å². The Kier molecular flexibility index (Phi) is 4.56. The normalized spacial score (nSPS) is 19.6. The van der Waals surface area contributed by atoms with E-state index in [1.54, 1.807) is 17.5 Å². The summed E-state index contributed by atoms with van der Waals surface area (Å²) in [5.74, 6) is 1.17. The van der Waals surface area contributed by atoms with Crippen molar-refractivity contribution in [3.63, 3.8) is 0 Å². The van der Waals surface area contributed by atoms with Crippen LogP contribution in [0.4, 0.5) is 11.6 Å². The summed E-state index contributed by atoms with van der Waals surface area (Å²) in [5.41, 5.74) is 2.88. The molecule has 1 atom stereocenters. The lowest BCUT2D eigenvalue weighted by Crippen LogP contribution is -2.47. The van der Waals surface area contributed by atoms with Crippen LogP contribution in [0.2, 0.25) is 0 Å². The number of carbonyl (C=O) groups excluding carboxylic acids is 1. The summed E-state index contributed by atoms with van der Waals surface area (Å²) in [5, 5.41) is 2.08. The lowest BCUT2D eigenvalue weighted by molar-refractivity contribution is 0.0963. The van der Waals surface area contributed by atoms with Crippen LogP contribution in [-0.4, -0.2) is 41.9 Å². The number of hydrogen-bond acceptors (Lipinski definition) is 6. The zero-order valence-electron chi connectivity index (χ0n) is 15.6. The number of para-hydroxylation sites is 1. The Morgan fingerprint density at radius 2 is 1.71 bits per heavy atom. The first kappa shape index (κ1) is 17.4. The highest BCUT2D eigenvalue weighted by molar-refractivity contribution is 7.10. The number of anilines is 2. The summed E-state index contributed by atoms with van der Waals surface area (Å²) in [6.45, 7) is 3.66. The van der Waals surface area contributed by atoms with E-state index in [2.05, 4.69) is 56.6 Å². The minimum Gasteiger partial charge on any atom is -0.368 e. The first-order valence-electron chi connectivity index (χ1n) is 9.75. The molecule has 5 nitrogen and oxygen atoms in total. The minimum absolute atomic E-state index is 0.167. The summed E-state index contributed by atoms with van der Waals surface area (Å²) in [4.78, 5) is 27.8. The van der Waals surface area contributed by atoms with Crippen molar-refractivity contribution >= 4 is 28.8 Å². The second-order valence-corrected chi connectivity index (χ2v) is 8.36. The Morgan fingerprint density at radius 3 is 2.46 bits per heavy atom. The van der Waals surface area contributed by atoms with Gasteiger partial charge in [0, 0.05) is 55.3 Å². The third-order valence-electron chi connectivity index (χ3n) is 5.66. The van der Waals surface area contributed by atoms with Crippen LogP contribution in [0.1, 0.15) is 33.3 Å².